The molecule has 1 unspecified atom stereocenters. The van der Waals surface area contributed by atoms with Gasteiger partial charge in [0.25, 0.3) is 0 Å². The predicted octanol–water partition coefficient (Wildman–Crippen LogP) is 0.785. The summed E-state index contributed by atoms with van der Waals surface area (Å²) in [6.07, 6.45) is 4.16. The van der Waals surface area contributed by atoms with Crippen LogP contribution in [0, 0.1) is 5.92 Å². The van der Waals surface area contributed by atoms with Crippen LogP contribution in [-0.2, 0) is 0 Å². The Labute approximate surface area is 70.6 Å². The van der Waals surface area contributed by atoms with E-state index in [9.17, 15) is 4.79 Å². The van der Waals surface area contributed by atoms with Gasteiger partial charge in [0.05, 0.1) is 0 Å². The molecule has 0 aliphatic heterocycles. The fourth-order valence-corrected chi connectivity index (χ4v) is 1.36. The SMILES string of the molecule is NC(c1ccc(=O)[nH]c1)C1CC1. The molecule has 1 aliphatic rings. The van der Waals surface area contributed by atoms with Crippen molar-refractivity contribution in [1.82, 2.24) is 4.98 Å². The van der Waals surface area contributed by atoms with Gasteiger partial charge in [0.2, 0.25) is 5.56 Å². The van der Waals surface area contributed by atoms with Crippen LogP contribution in [0.15, 0.2) is 23.1 Å². The van der Waals surface area contributed by atoms with E-state index in [4.69, 9.17) is 5.73 Å². The van der Waals surface area contributed by atoms with Crippen LogP contribution in [-0.4, -0.2) is 4.98 Å². The topological polar surface area (TPSA) is 58.9 Å². The predicted molar refractivity (Wildman–Crippen MR) is 46.7 cm³/mol. The van der Waals surface area contributed by atoms with Gasteiger partial charge in [0.1, 0.15) is 0 Å². The lowest BCUT2D eigenvalue weighted by atomic mass is 10.1. The molecule has 1 aromatic rings. The standard InChI is InChI=1S/C9H12N2O/c10-9(6-1-2-6)7-3-4-8(12)11-5-7/h3-6,9H,1-2,10H2,(H,11,12). The van der Waals surface area contributed by atoms with Crippen molar-refractivity contribution in [2.75, 3.05) is 0 Å². The lowest BCUT2D eigenvalue weighted by molar-refractivity contribution is 0.630. The van der Waals surface area contributed by atoms with E-state index in [-0.39, 0.29) is 11.6 Å². The first-order chi connectivity index (χ1) is 5.77. The molecule has 12 heavy (non-hydrogen) atoms. The van der Waals surface area contributed by atoms with Crippen LogP contribution < -0.4 is 11.3 Å². The highest BCUT2D eigenvalue weighted by molar-refractivity contribution is 5.15. The molecule has 0 amide bonds. The first-order valence-corrected chi connectivity index (χ1v) is 4.21. The van der Waals surface area contributed by atoms with Crippen molar-refractivity contribution in [2.24, 2.45) is 11.7 Å². The monoisotopic (exact) mass is 164 g/mol. The number of hydrogen-bond donors (Lipinski definition) is 2. The molecular weight excluding hydrogens is 152 g/mol. The highest BCUT2D eigenvalue weighted by Gasteiger charge is 2.29. The third kappa shape index (κ3) is 1.41. The van der Waals surface area contributed by atoms with Crippen LogP contribution >= 0.6 is 0 Å². The first-order valence-electron chi connectivity index (χ1n) is 4.21. The number of aromatic amines is 1. The Balaban J connectivity index is 2.21. The van der Waals surface area contributed by atoms with Crippen LogP contribution in [0.25, 0.3) is 0 Å². The van der Waals surface area contributed by atoms with Crippen LogP contribution in [0.1, 0.15) is 24.4 Å². The molecule has 3 heteroatoms. The van der Waals surface area contributed by atoms with Crippen LogP contribution in [0.5, 0.6) is 0 Å². The second-order valence-corrected chi connectivity index (χ2v) is 3.35. The number of nitrogens with two attached hydrogens (primary N) is 1. The average Bonchev–Trinajstić information content (AvgIpc) is 2.87. The molecule has 2 rings (SSSR count). The maximum absolute atomic E-state index is 10.7. The maximum Gasteiger partial charge on any atom is 0.247 e. The number of aromatic nitrogens is 1. The van der Waals surface area contributed by atoms with Gasteiger partial charge in [0, 0.05) is 18.3 Å². The molecule has 1 heterocycles. The van der Waals surface area contributed by atoms with Gasteiger partial charge < -0.3 is 10.7 Å². The lowest BCUT2D eigenvalue weighted by Gasteiger charge is -2.08. The van der Waals surface area contributed by atoms with Crippen LogP contribution in [0.3, 0.4) is 0 Å². The summed E-state index contributed by atoms with van der Waals surface area (Å²) in [4.78, 5) is 13.4. The van der Waals surface area contributed by atoms with Crippen molar-refractivity contribution in [3.05, 3.63) is 34.2 Å². The Hall–Kier alpha value is -1.09. The Morgan fingerprint density at radius 3 is 2.75 bits per heavy atom. The molecule has 0 radical (unpaired) electrons. The summed E-state index contributed by atoms with van der Waals surface area (Å²) in [5.74, 6) is 0.635. The molecule has 0 bridgehead atoms. The van der Waals surface area contributed by atoms with Gasteiger partial charge in [-0.25, -0.2) is 0 Å². The second kappa shape index (κ2) is 2.75. The fourth-order valence-electron chi connectivity index (χ4n) is 1.36. The molecule has 1 saturated carbocycles. The molecule has 1 aliphatic carbocycles. The minimum Gasteiger partial charge on any atom is -0.329 e. The average molecular weight is 164 g/mol. The van der Waals surface area contributed by atoms with Gasteiger partial charge in [-0.15, -0.1) is 0 Å². The zero-order valence-electron chi connectivity index (χ0n) is 6.79. The lowest BCUT2D eigenvalue weighted by Crippen LogP contribution is -2.14. The second-order valence-electron chi connectivity index (χ2n) is 3.35. The van der Waals surface area contributed by atoms with E-state index in [0.717, 1.165) is 5.56 Å². The highest BCUT2D eigenvalue weighted by Crippen LogP contribution is 2.38. The Bertz CT molecular complexity index is 307. The fraction of sp³-hybridized carbons (Fsp3) is 0.444. The largest absolute Gasteiger partial charge is 0.329 e. The van der Waals surface area contributed by atoms with Crippen molar-refractivity contribution in [2.45, 2.75) is 18.9 Å². The van der Waals surface area contributed by atoms with Gasteiger partial charge in [-0.1, -0.05) is 6.07 Å². The first kappa shape index (κ1) is 7.55. The Morgan fingerprint density at radius 2 is 2.25 bits per heavy atom. The van der Waals surface area contributed by atoms with E-state index in [1.165, 1.54) is 18.9 Å². The van der Waals surface area contributed by atoms with Crippen LogP contribution in [0.4, 0.5) is 0 Å². The summed E-state index contributed by atoms with van der Waals surface area (Å²) >= 11 is 0. The molecule has 64 valence electrons. The maximum atomic E-state index is 10.7. The minimum atomic E-state index is -0.0678. The van der Waals surface area contributed by atoms with E-state index < -0.39 is 0 Å². The van der Waals surface area contributed by atoms with E-state index in [1.807, 2.05) is 6.07 Å². The number of nitrogens with one attached hydrogen (secondary N) is 1. The summed E-state index contributed by atoms with van der Waals surface area (Å²) < 4.78 is 0. The van der Waals surface area contributed by atoms with E-state index >= 15 is 0 Å². The smallest absolute Gasteiger partial charge is 0.247 e. The number of pyridine rings is 1. The molecule has 0 spiro atoms. The molecule has 1 atom stereocenters. The third-order valence-electron chi connectivity index (χ3n) is 2.32. The van der Waals surface area contributed by atoms with Crippen molar-refractivity contribution in [3.63, 3.8) is 0 Å². The Morgan fingerprint density at radius 1 is 1.50 bits per heavy atom. The highest BCUT2D eigenvalue weighted by atomic mass is 16.1. The molecule has 0 aromatic carbocycles. The van der Waals surface area contributed by atoms with Crippen molar-refractivity contribution in [3.8, 4) is 0 Å². The molecule has 0 saturated heterocycles. The summed E-state index contributed by atoms with van der Waals surface area (Å²) in [6, 6.07) is 3.45. The molecule has 3 nitrogen and oxygen atoms in total. The summed E-state index contributed by atoms with van der Waals surface area (Å²) in [6.45, 7) is 0. The van der Waals surface area contributed by atoms with Gasteiger partial charge >= 0.3 is 0 Å². The zero-order chi connectivity index (χ0) is 8.55. The number of H-pyrrole nitrogens is 1. The number of rotatable bonds is 2. The summed E-state index contributed by atoms with van der Waals surface area (Å²) in [5, 5.41) is 0. The van der Waals surface area contributed by atoms with Crippen molar-refractivity contribution < 1.29 is 0 Å². The normalized spacial score (nSPS) is 19.1. The van der Waals surface area contributed by atoms with E-state index in [2.05, 4.69) is 4.98 Å². The molecular formula is C9H12N2O. The molecule has 3 N–H and O–H groups in total. The Kier molecular flexibility index (Phi) is 1.73. The summed E-state index contributed by atoms with van der Waals surface area (Å²) in [7, 11) is 0. The van der Waals surface area contributed by atoms with Crippen molar-refractivity contribution in [1.29, 1.82) is 0 Å². The molecule has 1 fully saturated rings. The zero-order valence-corrected chi connectivity index (χ0v) is 6.79. The third-order valence-corrected chi connectivity index (χ3v) is 2.32. The van der Waals surface area contributed by atoms with Crippen LogP contribution in [0.2, 0.25) is 0 Å². The molecule has 1 aromatic heterocycles. The van der Waals surface area contributed by atoms with Crippen molar-refractivity contribution >= 4 is 0 Å². The van der Waals surface area contributed by atoms with Gasteiger partial charge in [-0.2, -0.15) is 0 Å². The minimum absolute atomic E-state index is 0.0678. The summed E-state index contributed by atoms with van der Waals surface area (Å²) in [5.41, 5.74) is 6.90. The van der Waals surface area contributed by atoms with Gasteiger partial charge in [-0.3, -0.25) is 4.79 Å². The quantitative estimate of drug-likeness (QED) is 0.678. The van der Waals surface area contributed by atoms with Gasteiger partial charge in [0.15, 0.2) is 0 Å². The van der Waals surface area contributed by atoms with Gasteiger partial charge in [-0.05, 0) is 24.3 Å². The number of hydrogen-bond acceptors (Lipinski definition) is 2. The van der Waals surface area contributed by atoms with E-state index in [1.54, 1.807) is 6.20 Å². The van der Waals surface area contributed by atoms with E-state index in [0.29, 0.717) is 5.92 Å².